The molecule has 0 aliphatic carbocycles. The van der Waals surface area contributed by atoms with E-state index in [1.165, 1.54) is 10.9 Å². The van der Waals surface area contributed by atoms with Crippen LogP contribution in [0.1, 0.15) is 30.5 Å². The van der Waals surface area contributed by atoms with Gasteiger partial charge < -0.3 is 15.3 Å². The molecule has 4 rings (SSSR count). The number of aromatic nitrogens is 3. The Morgan fingerprint density at radius 2 is 1.86 bits per heavy atom. The third kappa shape index (κ3) is 5.42. The van der Waals surface area contributed by atoms with Crippen LogP contribution in [-0.4, -0.2) is 50.7 Å². The van der Waals surface area contributed by atoms with Gasteiger partial charge in [-0.2, -0.15) is 0 Å². The summed E-state index contributed by atoms with van der Waals surface area (Å²) in [7, 11) is 2.06. The fraction of sp³-hybridized carbons (Fsp3) is 0.321. The number of nitrogens with zero attached hydrogens (tertiary/aromatic N) is 4. The number of fused-ring (bicyclic) bond motifs is 1. The number of benzene rings is 2. The van der Waals surface area contributed by atoms with Crippen LogP contribution in [0.3, 0.4) is 0 Å². The molecule has 0 aliphatic heterocycles. The van der Waals surface area contributed by atoms with Crippen LogP contribution in [0.2, 0.25) is 0 Å². The highest BCUT2D eigenvalue weighted by Crippen LogP contribution is 2.30. The summed E-state index contributed by atoms with van der Waals surface area (Å²) in [6, 6.07) is 13.3. The summed E-state index contributed by atoms with van der Waals surface area (Å²) in [5.41, 5.74) is 5.95. The molecule has 1 atom stereocenters. The van der Waals surface area contributed by atoms with Crippen molar-refractivity contribution in [1.29, 1.82) is 0 Å². The maximum Gasteiger partial charge on any atom is 0.267 e. The molecule has 2 heterocycles. The highest BCUT2D eigenvalue weighted by molar-refractivity contribution is 5.86. The fourth-order valence-electron chi connectivity index (χ4n) is 4.73. The van der Waals surface area contributed by atoms with E-state index in [0.717, 1.165) is 40.9 Å². The van der Waals surface area contributed by atoms with Gasteiger partial charge in [-0.3, -0.25) is 9.36 Å². The predicted octanol–water partition coefficient (Wildman–Crippen LogP) is 4.20. The van der Waals surface area contributed by atoms with Crippen LogP contribution in [0, 0.1) is 13.8 Å². The minimum absolute atomic E-state index is 0.0916. The smallest absolute Gasteiger partial charge is 0.267 e. The monoisotopic (exact) mass is 471 g/mol. The Labute approximate surface area is 206 Å². The topological polar surface area (TPSA) is 83.3 Å². The van der Waals surface area contributed by atoms with Crippen molar-refractivity contribution < 1.29 is 5.11 Å². The van der Waals surface area contributed by atoms with Gasteiger partial charge in [-0.1, -0.05) is 42.3 Å². The molecule has 0 saturated heterocycles. The Balaban J connectivity index is 1.94. The molecule has 0 saturated carbocycles. The number of nitrogens with one attached hydrogen (secondary N) is 1. The van der Waals surface area contributed by atoms with Gasteiger partial charge in [-0.05, 0) is 57.6 Å². The van der Waals surface area contributed by atoms with E-state index in [0.29, 0.717) is 29.3 Å². The maximum atomic E-state index is 13.9. The highest BCUT2D eigenvalue weighted by atomic mass is 16.3. The average molecular weight is 472 g/mol. The number of hydrogen-bond acceptors (Lipinski definition) is 6. The predicted molar refractivity (Wildman–Crippen MR) is 141 cm³/mol. The lowest BCUT2D eigenvalue weighted by atomic mass is 9.96. The van der Waals surface area contributed by atoms with Crippen molar-refractivity contribution >= 4 is 11.0 Å². The molecule has 0 fully saturated rings. The summed E-state index contributed by atoms with van der Waals surface area (Å²) in [4.78, 5) is 25.2. The van der Waals surface area contributed by atoms with Crippen LogP contribution >= 0.6 is 0 Å². The first kappa shape index (κ1) is 24.6. The second-order valence-electron chi connectivity index (χ2n) is 9.32. The number of pyridine rings is 1. The lowest BCUT2D eigenvalue weighted by Crippen LogP contribution is -2.37. The highest BCUT2D eigenvalue weighted by Gasteiger charge is 2.19. The molecule has 0 aliphatic rings. The number of aryl methyl sites for hydroxylation is 2. The summed E-state index contributed by atoms with van der Waals surface area (Å²) in [5.74, 6) is 0.0916. The van der Waals surface area contributed by atoms with Gasteiger partial charge in [0.2, 0.25) is 0 Å². The zero-order valence-corrected chi connectivity index (χ0v) is 21.0. The van der Waals surface area contributed by atoms with Crippen LogP contribution < -0.4 is 10.9 Å². The average Bonchev–Trinajstić information content (AvgIpc) is 2.78. The van der Waals surface area contributed by atoms with Crippen molar-refractivity contribution in [3.05, 3.63) is 82.0 Å². The van der Waals surface area contributed by atoms with E-state index in [9.17, 15) is 9.90 Å². The van der Waals surface area contributed by atoms with Crippen molar-refractivity contribution in [2.45, 2.75) is 40.3 Å². The third-order valence-corrected chi connectivity index (χ3v) is 6.10. The normalized spacial score (nSPS) is 12.4. The molecule has 2 aromatic heterocycles. The van der Waals surface area contributed by atoms with E-state index in [1.807, 2.05) is 6.20 Å². The van der Waals surface area contributed by atoms with Crippen LogP contribution in [0.15, 0.2) is 59.8 Å². The van der Waals surface area contributed by atoms with Crippen molar-refractivity contribution in [3.63, 3.8) is 0 Å². The summed E-state index contributed by atoms with van der Waals surface area (Å²) in [6.07, 6.45) is 3.31. The number of likely N-dealkylation sites (N-methyl/N-ethyl adjacent to an activating group) is 2. The van der Waals surface area contributed by atoms with Gasteiger partial charge in [-0.15, -0.1) is 0 Å². The molecule has 2 aromatic carbocycles. The Morgan fingerprint density at radius 1 is 1.11 bits per heavy atom. The first-order valence-corrected chi connectivity index (χ1v) is 12.0. The minimum Gasteiger partial charge on any atom is -0.508 e. The summed E-state index contributed by atoms with van der Waals surface area (Å²) >= 11 is 0. The van der Waals surface area contributed by atoms with E-state index < -0.39 is 0 Å². The number of aromatic hydroxyl groups is 1. The van der Waals surface area contributed by atoms with Crippen molar-refractivity contribution in [2.75, 3.05) is 20.1 Å². The van der Waals surface area contributed by atoms with Crippen LogP contribution in [0.5, 0.6) is 5.75 Å². The molecule has 7 heteroatoms. The quantitative estimate of drug-likeness (QED) is 0.401. The van der Waals surface area contributed by atoms with E-state index >= 15 is 0 Å². The van der Waals surface area contributed by atoms with Gasteiger partial charge in [0.1, 0.15) is 12.1 Å². The first-order chi connectivity index (χ1) is 16.8. The summed E-state index contributed by atoms with van der Waals surface area (Å²) < 4.78 is 1.47. The summed E-state index contributed by atoms with van der Waals surface area (Å²) in [6.45, 7) is 10.7. The number of hydrogen-bond donors (Lipinski definition) is 2. The summed E-state index contributed by atoms with van der Waals surface area (Å²) in [5, 5.41) is 13.9. The molecule has 2 N–H and O–H groups in total. The Hall–Kier alpha value is -3.55. The van der Waals surface area contributed by atoms with Gasteiger partial charge in [0, 0.05) is 37.0 Å². The third-order valence-electron chi connectivity index (χ3n) is 6.10. The zero-order valence-electron chi connectivity index (χ0n) is 21.0. The zero-order chi connectivity index (χ0) is 25.1. The van der Waals surface area contributed by atoms with Gasteiger partial charge >= 0.3 is 0 Å². The number of phenolic OH excluding ortho intramolecular Hbond substituents is 1. The van der Waals surface area contributed by atoms with E-state index in [1.54, 1.807) is 24.3 Å². The van der Waals surface area contributed by atoms with E-state index in [-0.39, 0.29) is 11.3 Å². The van der Waals surface area contributed by atoms with E-state index in [4.69, 9.17) is 0 Å². The van der Waals surface area contributed by atoms with Gasteiger partial charge in [0.25, 0.3) is 5.56 Å². The lowest BCUT2D eigenvalue weighted by molar-refractivity contribution is 0.292. The van der Waals surface area contributed by atoms with Crippen LogP contribution in [-0.2, 0) is 6.54 Å². The SMILES string of the molecule is CCN[C@@H](C)CN(C)Cc1c(-c2cc(C)cc(C)c2)cnc2ncn(-c3cccc(O)c3)c(=O)c12. The Kier molecular flexibility index (Phi) is 7.28. The van der Waals surface area contributed by atoms with Gasteiger partial charge in [0.15, 0.2) is 5.65 Å². The second-order valence-corrected chi connectivity index (χ2v) is 9.32. The second kappa shape index (κ2) is 10.4. The van der Waals surface area contributed by atoms with Crippen molar-refractivity contribution in [1.82, 2.24) is 24.8 Å². The largest absolute Gasteiger partial charge is 0.508 e. The lowest BCUT2D eigenvalue weighted by Gasteiger charge is -2.24. The van der Waals surface area contributed by atoms with E-state index in [2.05, 4.69) is 73.1 Å². The minimum atomic E-state index is -0.206. The van der Waals surface area contributed by atoms with Crippen molar-refractivity contribution in [2.24, 2.45) is 0 Å². The molecule has 0 amide bonds. The molecule has 0 spiro atoms. The Bertz CT molecular complexity index is 1390. The molecule has 182 valence electrons. The van der Waals surface area contributed by atoms with Crippen molar-refractivity contribution in [3.8, 4) is 22.6 Å². The van der Waals surface area contributed by atoms with Gasteiger partial charge in [-0.25, -0.2) is 9.97 Å². The number of rotatable bonds is 8. The molecule has 0 bridgehead atoms. The van der Waals surface area contributed by atoms with Crippen LogP contribution in [0.4, 0.5) is 0 Å². The molecule has 4 aromatic rings. The van der Waals surface area contributed by atoms with Gasteiger partial charge in [0.05, 0.1) is 11.1 Å². The molecule has 0 unspecified atom stereocenters. The molecule has 7 nitrogen and oxygen atoms in total. The molecular weight excluding hydrogens is 438 g/mol. The molecular formula is C28H33N5O2. The fourth-order valence-corrected chi connectivity index (χ4v) is 4.73. The first-order valence-electron chi connectivity index (χ1n) is 12.0. The Morgan fingerprint density at radius 3 is 2.54 bits per heavy atom. The molecule has 0 radical (unpaired) electrons. The molecule has 35 heavy (non-hydrogen) atoms. The maximum absolute atomic E-state index is 13.9. The standard InChI is InChI=1S/C28H33N5O2/c1-6-29-20(4)15-32(5)16-25-24(21-11-18(2)10-19(3)12-21)14-30-27-26(25)28(35)33(17-31-27)22-8-7-9-23(34)13-22/h7-14,17,20,29,34H,6,15-16H2,1-5H3/t20-/m0/s1. The number of phenols is 1. The van der Waals surface area contributed by atoms with Crippen LogP contribution in [0.25, 0.3) is 27.8 Å².